The number of aromatic amines is 1. The van der Waals surface area contributed by atoms with E-state index in [0.29, 0.717) is 18.8 Å². The summed E-state index contributed by atoms with van der Waals surface area (Å²) in [5, 5.41) is 3.90. The number of nitrogens with zero attached hydrogens (tertiary/aromatic N) is 1. The largest absolute Gasteiger partial charge is 0.370 e. The number of rotatable bonds is 4. The van der Waals surface area contributed by atoms with Gasteiger partial charge in [0.2, 0.25) is 0 Å². The quantitative estimate of drug-likeness (QED) is 0.392. The zero-order chi connectivity index (χ0) is 17.0. The Balaban J connectivity index is 2.27. The van der Waals surface area contributed by atoms with Crippen LogP contribution in [0.5, 0.6) is 0 Å². The van der Waals surface area contributed by atoms with E-state index in [0.717, 1.165) is 17.3 Å². The molecule has 0 radical (unpaired) electrons. The van der Waals surface area contributed by atoms with Crippen molar-refractivity contribution in [2.45, 2.75) is 32.6 Å². The summed E-state index contributed by atoms with van der Waals surface area (Å²) in [7, 11) is 0. The highest BCUT2D eigenvalue weighted by Crippen LogP contribution is 2.30. The summed E-state index contributed by atoms with van der Waals surface area (Å²) in [6.07, 6.45) is 0.770. The Kier molecular flexibility index (Phi) is 5.05. The predicted octanol–water partition coefficient (Wildman–Crippen LogP) is 1.86. The van der Waals surface area contributed by atoms with Gasteiger partial charge in [0.1, 0.15) is 5.69 Å². The van der Waals surface area contributed by atoms with Crippen molar-refractivity contribution in [3.63, 3.8) is 0 Å². The van der Waals surface area contributed by atoms with Gasteiger partial charge in [0.25, 0.3) is 5.91 Å². The van der Waals surface area contributed by atoms with Crippen molar-refractivity contribution < 1.29 is 4.79 Å². The van der Waals surface area contributed by atoms with Crippen LogP contribution < -0.4 is 16.8 Å². The van der Waals surface area contributed by atoms with Crippen LogP contribution in [0.25, 0.3) is 10.9 Å². The van der Waals surface area contributed by atoms with Crippen LogP contribution in [0.1, 0.15) is 43.2 Å². The predicted molar refractivity (Wildman–Crippen MR) is 94.6 cm³/mol. The van der Waals surface area contributed by atoms with Gasteiger partial charge >= 0.3 is 0 Å². The molecule has 0 aliphatic heterocycles. The first-order chi connectivity index (χ1) is 10.8. The van der Waals surface area contributed by atoms with Crippen LogP contribution in [0.2, 0.25) is 0 Å². The van der Waals surface area contributed by atoms with Crippen molar-refractivity contribution in [2.24, 2.45) is 16.5 Å². The lowest BCUT2D eigenvalue weighted by atomic mass is 9.85. The molecule has 0 unspecified atom stereocenters. The number of nitrogens with two attached hydrogens (primary N) is 2. The fourth-order valence-corrected chi connectivity index (χ4v) is 2.45. The van der Waals surface area contributed by atoms with Crippen LogP contribution in [0.15, 0.2) is 29.3 Å². The van der Waals surface area contributed by atoms with Gasteiger partial charge in [-0.2, -0.15) is 4.99 Å². The molecule has 124 valence electrons. The number of nitrogens with one attached hydrogen (secondary N) is 2. The Morgan fingerprint density at radius 1 is 1.35 bits per heavy atom. The van der Waals surface area contributed by atoms with Crippen molar-refractivity contribution in [1.29, 1.82) is 0 Å². The molecule has 0 aliphatic rings. The van der Waals surface area contributed by atoms with Crippen LogP contribution in [0.3, 0.4) is 0 Å². The minimum atomic E-state index is -0.390. The Morgan fingerprint density at radius 2 is 2.09 bits per heavy atom. The van der Waals surface area contributed by atoms with E-state index in [-0.39, 0.29) is 17.3 Å². The second-order valence-electron chi connectivity index (χ2n) is 6.57. The molecule has 0 bridgehead atoms. The van der Waals surface area contributed by atoms with Gasteiger partial charge in [0.15, 0.2) is 5.96 Å². The molecular formula is C17H25N5O. The Morgan fingerprint density at radius 3 is 2.74 bits per heavy atom. The number of carbonyl (C=O) groups excluding carboxylic acids is 1. The number of benzene rings is 1. The van der Waals surface area contributed by atoms with Gasteiger partial charge in [-0.3, -0.25) is 4.79 Å². The van der Waals surface area contributed by atoms with Crippen LogP contribution in [0.4, 0.5) is 0 Å². The highest BCUT2D eigenvalue weighted by atomic mass is 16.1. The summed E-state index contributed by atoms with van der Waals surface area (Å²) >= 11 is 0. The number of guanidine groups is 1. The SMILES string of the molecule is CC(C)(C)c1cccc2[nH]c(C(=O)N=C(N)NCCCN)cc12. The maximum atomic E-state index is 12.3. The lowest BCUT2D eigenvalue weighted by Crippen LogP contribution is -2.34. The first kappa shape index (κ1) is 17.0. The standard InChI is InChI=1S/C17H25N5O/c1-17(2,3)12-6-4-7-13-11(12)10-14(21-13)15(23)22-16(19)20-9-5-8-18/h4,6-7,10,21H,5,8-9,18H2,1-3H3,(H3,19,20,22,23). The Labute approximate surface area is 136 Å². The minimum absolute atomic E-state index is 0.00586. The van der Waals surface area contributed by atoms with Crippen LogP contribution in [-0.4, -0.2) is 29.9 Å². The number of aliphatic imine (C=N–C) groups is 1. The van der Waals surface area contributed by atoms with Crippen molar-refractivity contribution in [1.82, 2.24) is 10.3 Å². The molecule has 6 nitrogen and oxygen atoms in total. The lowest BCUT2D eigenvalue weighted by molar-refractivity contribution is 0.0998. The number of aromatic nitrogens is 1. The summed E-state index contributed by atoms with van der Waals surface area (Å²) in [4.78, 5) is 19.3. The third kappa shape index (κ3) is 4.10. The zero-order valence-electron chi connectivity index (χ0n) is 13.9. The third-order valence-corrected chi connectivity index (χ3v) is 3.61. The first-order valence-electron chi connectivity index (χ1n) is 7.77. The topological polar surface area (TPSA) is 109 Å². The Bertz CT molecular complexity index is 724. The van der Waals surface area contributed by atoms with E-state index >= 15 is 0 Å². The van der Waals surface area contributed by atoms with Crippen molar-refractivity contribution >= 4 is 22.8 Å². The van der Waals surface area contributed by atoms with E-state index in [9.17, 15) is 4.79 Å². The molecule has 2 aromatic rings. The molecule has 6 heteroatoms. The number of carbonyl (C=O) groups is 1. The fourth-order valence-electron chi connectivity index (χ4n) is 2.45. The fraction of sp³-hybridized carbons (Fsp3) is 0.412. The molecule has 1 amide bonds. The van der Waals surface area contributed by atoms with Gasteiger partial charge in [0.05, 0.1) is 0 Å². The number of fused-ring (bicyclic) bond motifs is 1. The van der Waals surface area contributed by atoms with E-state index in [1.54, 1.807) is 0 Å². The summed E-state index contributed by atoms with van der Waals surface area (Å²) in [6.45, 7) is 7.60. The number of amides is 1. The average molecular weight is 315 g/mol. The molecule has 0 spiro atoms. The second kappa shape index (κ2) is 6.83. The normalized spacial score (nSPS) is 12.6. The lowest BCUT2D eigenvalue weighted by Gasteiger charge is -2.19. The molecule has 2 rings (SSSR count). The van der Waals surface area contributed by atoms with Gasteiger partial charge in [0, 0.05) is 17.4 Å². The van der Waals surface area contributed by atoms with E-state index in [2.05, 4.69) is 42.1 Å². The van der Waals surface area contributed by atoms with Crippen LogP contribution >= 0.6 is 0 Å². The van der Waals surface area contributed by atoms with Crippen molar-refractivity contribution in [3.8, 4) is 0 Å². The second-order valence-corrected chi connectivity index (χ2v) is 6.57. The molecule has 0 saturated carbocycles. The molecule has 23 heavy (non-hydrogen) atoms. The van der Waals surface area contributed by atoms with E-state index in [1.807, 2.05) is 18.2 Å². The third-order valence-electron chi connectivity index (χ3n) is 3.61. The number of hydrogen-bond donors (Lipinski definition) is 4. The van der Waals surface area contributed by atoms with Gasteiger partial charge in [-0.1, -0.05) is 32.9 Å². The molecule has 1 heterocycles. The highest BCUT2D eigenvalue weighted by Gasteiger charge is 2.19. The molecule has 0 saturated heterocycles. The van der Waals surface area contributed by atoms with Crippen LogP contribution in [-0.2, 0) is 5.41 Å². The molecule has 1 aromatic heterocycles. The van der Waals surface area contributed by atoms with Gasteiger partial charge < -0.3 is 21.8 Å². The molecule has 0 atom stereocenters. The summed E-state index contributed by atoms with van der Waals surface area (Å²) in [5.41, 5.74) is 13.6. The summed E-state index contributed by atoms with van der Waals surface area (Å²) in [6, 6.07) is 7.86. The van der Waals surface area contributed by atoms with Gasteiger partial charge in [-0.25, -0.2) is 0 Å². The molecular weight excluding hydrogens is 290 g/mol. The molecule has 0 aliphatic carbocycles. The zero-order valence-corrected chi connectivity index (χ0v) is 13.9. The molecule has 1 aromatic carbocycles. The number of hydrogen-bond acceptors (Lipinski definition) is 2. The summed E-state index contributed by atoms with van der Waals surface area (Å²) < 4.78 is 0. The van der Waals surface area contributed by atoms with Crippen molar-refractivity contribution in [2.75, 3.05) is 13.1 Å². The molecule has 6 N–H and O–H groups in total. The maximum Gasteiger partial charge on any atom is 0.296 e. The maximum absolute atomic E-state index is 12.3. The monoisotopic (exact) mass is 315 g/mol. The van der Waals surface area contributed by atoms with E-state index < -0.39 is 0 Å². The van der Waals surface area contributed by atoms with Gasteiger partial charge in [-0.15, -0.1) is 0 Å². The van der Waals surface area contributed by atoms with Crippen molar-refractivity contribution in [3.05, 3.63) is 35.5 Å². The molecule has 0 fully saturated rings. The Hall–Kier alpha value is -2.34. The average Bonchev–Trinajstić information content (AvgIpc) is 2.90. The summed E-state index contributed by atoms with van der Waals surface area (Å²) in [5.74, 6) is -0.281. The number of H-pyrrole nitrogens is 1. The van der Waals surface area contributed by atoms with Gasteiger partial charge in [-0.05, 0) is 36.1 Å². The highest BCUT2D eigenvalue weighted by molar-refractivity contribution is 6.04. The smallest absolute Gasteiger partial charge is 0.296 e. The first-order valence-corrected chi connectivity index (χ1v) is 7.77. The minimum Gasteiger partial charge on any atom is -0.370 e. The van der Waals surface area contributed by atoms with Crippen LogP contribution in [0, 0.1) is 0 Å². The van der Waals surface area contributed by atoms with E-state index in [1.165, 1.54) is 5.56 Å². The van der Waals surface area contributed by atoms with E-state index in [4.69, 9.17) is 11.5 Å².